The van der Waals surface area contributed by atoms with Crippen molar-refractivity contribution in [3.63, 3.8) is 0 Å². The molecule has 0 saturated carbocycles. The fourth-order valence-corrected chi connectivity index (χ4v) is 3.74. The van der Waals surface area contributed by atoms with Crippen LogP contribution in [0.2, 0.25) is 0 Å². The van der Waals surface area contributed by atoms with Gasteiger partial charge in [-0.25, -0.2) is 0 Å². The van der Waals surface area contributed by atoms with E-state index in [2.05, 4.69) is 62.4 Å². The van der Waals surface area contributed by atoms with Gasteiger partial charge in [0.15, 0.2) is 0 Å². The summed E-state index contributed by atoms with van der Waals surface area (Å²) in [4.78, 5) is 4.71. The first-order valence-electron chi connectivity index (χ1n) is 12.7. The second-order valence-corrected chi connectivity index (χ2v) is 8.63. The molecule has 3 heteroatoms. The minimum atomic E-state index is 0.726. The van der Waals surface area contributed by atoms with E-state index in [0.29, 0.717) is 0 Å². The standard InChI is InChI=1S/C30H39NO2/c1-3-5-7-10-25-11-13-27(14-12-25)30-20-17-28(24-31-30)26-15-18-29(19-16-26)33-23-9-8-22-32-21-6-4-2/h11-20,24H,3-10,21-23H2,1-2H3. The van der Waals surface area contributed by atoms with Crippen LogP contribution < -0.4 is 4.74 Å². The average Bonchev–Trinajstić information content (AvgIpc) is 2.87. The molecule has 0 fully saturated rings. The molecule has 33 heavy (non-hydrogen) atoms. The Kier molecular flexibility index (Phi) is 11.0. The minimum Gasteiger partial charge on any atom is -0.494 e. The third-order valence-corrected chi connectivity index (χ3v) is 5.86. The molecule has 2 aromatic carbocycles. The van der Waals surface area contributed by atoms with Gasteiger partial charge in [-0.15, -0.1) is 0 Å². The summed E-state index contributed by atoms with van der Waals surface area (Å²) in [6.45, 7) is 6.86. The maximum atomic E-state index is 5.87. The lowest BCUT2D eigenvalue weighted by atomic mass is 10.0. The number of ether oxygens (including phenoxy) is 2. The second kappa shape index (κ2) is 14.5. The molecule has 0 bridgehead atoms. The fraction of sp³-hybridized carbons (Fsp3) is 0.433. The summed E-state index contributed by atoms with van der Waals surface area (Å²) in [6.07, 6.45) is 11.3. The topological polar surface area (TPSA) is 31.4 Å². The van der Waals surface area contributed by atoms with Crippen molar-refractivity contribution in [2.75, 3.05) is 19.8 Å². The summed E-state index contributed by atoms with van der Waals surface area (Å²) in [6, 6.07) is 21.4. The van der Waals surface area contributed by atoms with Gasteiger partial charge in [-0.3, -0.25) is 4.98 Å². The number of unbranched alkanes of at least 4 members (excludes halogenated alkanes) is 4. The largest absolute Gasteiger partial charge is 0.494 e. The van der Waals surface area contributed by atoms with E-state index >= 15 is 0 Å². The van der Waals surface area contributed by atoms with E-state index in [-0.39, 0.29) is 0 Å². The highest BCUT2D eigenvalue weighted by Gasteiger charge is 2.03. The van der Waals surface area contributed by atoms with Crippen LogP contribution in [0, 0.1) is 0 Å². The number of benzene rings is 2. The van der Waals surface area contributed by atoms with Gasteiger partial charge in [0.05, 0.1) is 12.3 Å². The van der Waals surface area contributed by atoms with Crippen molar-refractivity contribution >= 4 is 0 Å². The number of nitrogens with zero attached hydrogens (tertiary/aromatic N) is 1. The van der Waals surface area contributed by atoms with Gasteiger partial charge in [0.1, 0.15) is 5.75 Å². The predicted octanol–water partition coefficient (Wildman–Crippen LogP) is 8.12. The van der Waals surface area contributed by atoms with Gasteiger partial charge >= 0.3 is 0 Å². The van der Waals surface area contributed by atoms with Crippen molar-refractivity contribution in [2.24, 2.45) is 0 Å². The molecule has 0 N–H and O–H groups in total. The molecule has 1 heterocycles. The molecule has 0 saturated heterocycles. The van der Waals surface area contributed by atoms with Crippen molar-refractivity contribution in [1.29, 1.82) is 0 Å². The van der Waals surface area contributed by atoms with Crippen molar-refractivity contribution in [2.45, 2.75) is 65.2 Å². The third-order valence-electron chi connectivity index (χ3n) is 5.86. The second-order valence-electron chi connectivity index (χ2n) is 8.63. The fourth-order valence-electron chi connectivity index (χ4n) is 3.74. The van der Waals surface area contributed by atoms with Crippen LogP contribution in [-0.2, 0) is 11.2 Å². The van der Waals surface area contributed by atoms with Crippen LogP contribution in [0.3, 0.4) is 0 Å². The Labute approximate surface area is 200 Å². The molecule has 176 valence electrons. The quantitative estimate of drug-likeness (QED) is 0.221. The number of pyridine rings is 1. The number of hydrogen-bond donors (Lipinski definition) is 0. The van der Waals surface area contributed by atoms with Crippen LogP contribution in [0.15, 0.2) is 66.9 Å². The highest BCUT2D eigenvalue weighted by atomic mass is 16.5. The maximum Gasteiger partial charge on any atom is 0.119 e. The van der Waals surface area contributed by atoms with Crippen LogP contribution in [0.5, 0.6) is 5.75 Å². The Morgan fingerprint density at radius 3 is 1.97 bits per heavy atom. The van der Waals surface area contributed by atoms with Gasteiger partial charge in [-0.05, 0) is 61.4 Å². The van der Waals surface area contributed by atoms with Gasteiger partial charge in [0.25, 0.3) is 0 Å². The van der Waals surface area contributed by atoms with Crippen molar-refractivity contribution in [3.8, 4) is 28.1 Å². The molecule has 3 aromatic rings. The molecule has 3 rings (SSSR count). The van der Waals surface area contributed by atoms with Crippen LogP contribution >= 0.6 is 0 Å². The Morgan fingerprint density at radius 2 is 1.27 bits per heavy atom. The first-order valence-corrected chi connectivity index (χ1v) is 12.7. The molecule has 0 amide bonds. The van der Waals surface area contributed by atoms with Crippen LogP contribution in [0.25, 0.3) is 22.4 Å². The predicted molar refractivity (Wildman–Crippen MR) is 139 cm³/mol. The molecule has 0 aliphatic heterocycles. The molecule has 0 aliphatic rings. The summed E-state index contributed by atoms with van der Waals surface area (Å²) in [5, 5.41) is 0. The Hall–Kier alpha value is -2.65. The molecular formula is C30H39NO2. The van der Waals surface area contributed by atoms with Crippen LogP contribution in [0.4, 0.5) is 0 Å². The van der Waals surface area contributed by atoms with Gasteiger partial charge in [0, 0.05) is 30.5 Å². The summed E-state index contributed by atoms with van der Waals surface area (Å²) in [5.74, 6) is 0.911. The van der Waals surface area contributed by atoms with E-state index in [1.165, 1.54) is 36.8 Å². The molecule has 0 unspecified atom stereocenters. The Morgan fingerprint density at radius 1 is 0.606 bits per heavy atom. The number of aromatic nitrogens is 1. The molecule has 1 aromatic heterocycles. The van der Waals surface area contributed by atoms with Crippen LogP contribution in [-0.4, -0.2) is 24.8 Å². The normalized spacial score (nSPS) is 11.0. The maximum absolute atomic E-state index is 5.87. The molecular weight excluding hydrogens is 406 g/mol. The SMILES string of the molecule is CCCCCc1ccc(-c2ccc(-c3ccc(OCCCCOCCCC)cc3)cn2)cc1. The van der Waals surface area contributed by atoms with Gasteiger partial charge in [0.2, 0.25) is 0 Å². The molecule has 0 spiro atoms. The third kappa shape index (κ3) is 8.66. The van der Waals surface area contributed by atoms with Gasteiger partial charge < -0.3 is 9.47 Å². The van der Waals surface area contributed by atoms with Crippen molar-refractivity contribution in [3.05, 3.63) is 72.4 Å². The zero-order valence-corrected chi connectivity index (χ0v) is 20.4. The summed E-state index contributed by atoms with van der Waals surface area (Å²) in [5.41, 5.74) is 5.85. The zero-order valence-electron chi connectivity index (χ0n) is 20.4. The smallest absolute Gasteiger partial charge is 0.119 e. The lowest BCUT2D eigenvalue weighted by Gasteiger charge is -2.08. The van der Waals surface area contributed by atoms with Gasteiger partial charge in [-0.2, -0.15) is 0 Å². The van der Waals surface area contributed by atoms with E-state index in [1.807, 2.05) is 18.3 Å². The van der Waals surface area contributed by atoms with E-state index < -0.39 is 0 Å². The van der Waals surface area contributed by atoms with E-state index in [4.69, 9.17) is 14.5 Å². The Bertz CT molecular complexity index is 902. The number of hydrogen-bond acceptors (Lipinski definition) is 3. The summed E-state index contributed by atoms with van der Waals surface area (Å²) in [7, 11) is 0. The molecule has 0 atom stereocenters. The monoisotopic (exact) mass is 445 g/mol. The first-order chi connectivity index (χ1) is 16.3. The van der Waals surface area contributed by atoms with E-state index in [1.54, 1.807) is 0 Å². The number of rotatable bonds is 15. The molecule has 0 radical (unpaired) electrons. The van der Waals surface area contributed by atoms with Crippen molar-refractivity contribution < 1.29 is 9.47 Å². The highest BCUT2D eigenvalue weighted by molar-refractivity contribution is 5.67. The summed E-state index contributed by atoms with van der Waals surface area (Å²) >= 11 is 0. The van der Waals surface area contributed by atoms with Gasteiger partial charge in [-0.1, -0.05) is 75.6 Å². The molecule has 3 nitrogen and oxygen atoms in total. The number of aryl methyl sites for hydroxylation is 1. The average molecular weight is 446 g/mol. The molecule has 0 aliphatic carbocycles. The minimum absolute atomic E-state index is 0.726. The van der Waals surface area contributed by atoms with E-state index in [0.717, 1.165) is 68.1 Å². The van der Waals surface area contributed by atoms with E-state index in [9.17, 15) is 0 Å². The highest BCUT2D eigenvalue weighted by Crippen LogP contribution is 2.25. The van der Waals surface area contributed by atoms with Crippen LogP contribution in [0.1, 0.15) is 64.4 Å². The summed E-state index contributed by atoms with van der Waals surface area (Å²) < 4.78 is 11.5. The lowest BCUT2D eigenvalue weighted by molar-refractivity contribution is 0.123. The lowest BCUT2D eigenvalue weighted by Crippen LogP contribution is -2.01. The Balaban J connectivity index is 1.45. The van der Waals surface area contributed by atoms with Crippen molar-refractivity contribution in [1.82, 2.24) is 4.98 Å². The first kappa shape index (κ1) is 25.0. The zero-order chi connectivity index (χ0) is 23.1.